The van der Waals surface area contributed by atoms with Gasteiger partial charge in [-0.05, 0) is 55.6 Å². The number of hydrogen-bond donors (Lipinski definition) is 0. The van der Waals surface area contributed by atoms with Crippen molar-refractivity contribution < 1.29 is 0 Å². The summed E-state index contributed by atoms with van der Waals surface area (Å²) < 4.78 is 2.62. The quantitative estimate of drug-likeness (QED) is 0.611. The van der Waals surface area contributed by atoms with Crippen LogP contribution in [-0.2, 0) is 5.41 Å². The SMILES string of the molecule is CC(C)(C)c1cc(I)sc1Br. The molecule has 0 nitrogen and oxygen atoms in total. The molecule has 0 spiro atoms. The molecular formula is C8H10BrIS. The van der Waals surface area contributed by atoms with Gasteiger partial charge in [0.25, 0.3) is 0 Å². The van der Waals surface area contributed by atoms with Crippen LogP contribution in [-0.4, -0.2) is 0 Å². The van der Waals surface area contributed by atoms with Crippen LogP contribution in [0.2, 0.25) is 0 Å². The van der Waals surface area contributed by atoms with Crippen LogP contribution in [0.1, 0.15) is 26.3 Å². The Morgan fingerprint density at radius 1 is 1.45 bits per heavy atom. The largest absolute Gasteiger partial charge is 0.122 e. The molecule has 1 rings (SSSR count). The number of hydrogen-bond acceptors (Lipinski definition) is 1. The summed E-state index contributed by atoms with van der Waals surface area (Å²) in [7, 11) is 0. The molecule has 1 aromatic rings. The first-order valence-corrected chi connectivity index (χ1v) is 6.05. The van der Waals surface area contributed by atoms with Crippen molar-refractivity contribution in [1.82, 2.24) is 0 Å². The van der Waals surface area contributed by atoms with Gasteiger partial charge in [-0.1, -0.05) is 20.8 Å². The fraction of sp³-hybridized carbons (Fsp3) is 0.500. The van der Waals surface area contributed by atoms with Crippen molar-refractivity contribution in [3.63, 3.8) is 0 Å². The standard InChI is InChI=1S/C8H10BrIS/c1-8(2,3)5-4-6(10)11-7(5)9/h4H,1-3H3. The Morgan fingerprint density at radius 3 is 2.18 bits per heavy atom. The van der Waals surface area contributed by atoms with Crippen LogP contribution < -0.4 is 0 Å². The Bertz CT molecular complexity index is 260. The van der Waals surface area contributed by atoms with E-state index >= 15 is 0 Å². The van der Waals surface area contributed by atoms with Gasteiger partial charge in [0, 0.05) is 0 Å². The van der Waals surface area contributed by atoms with Crippen molar-refractivity contribution in [3.05, 3.63) is 18.3 Å². The second-order valence-corrected chi connectivity index (χ2v) is 7.75. The lowest BCUT2D eigenvalue weighted by Gasteiger charge is -2.17. The first-order valence-electron chi connectivity index (χ1n) is 3.36. The molecule has 0 atom stereocenters. The van der Waals surface area contributed by atoms with Crippen LogP contribution >= 0.6 is 49.9 Å². The van der Waals surface area contributed by atoms with Gasteiger partial charge in [0.1, 0.15) is 0 Å². The highest BCUT2D eigenvalue weighted by Crippen LogP contribution is 2.36. The minimum absolute atomic E-state index is 0.263. The summed E-state index contributed by atoms with van der Waals surface area (Å²) in [5, 5.41) is 0. The van der Waals surface area contributed by atoms with Crippen LogP contribution in [0.25, 0.3) is 0 Å². The number of rotatable bonds is 0. The molecule has 62 valence electrons. The molecule has 1 heterocycles. The minimum atomic E-state index is 0.263. The predicted octanol–water partition coefficient (Wildman–Crippen LogP) is 4.41. The summed E-state index contributed by atoms with van der Waals surface area (Å²) in [6.07, 6.45) is 0. The van der Waals surface area contributed by atoms with Crippen molar-refractivity contribution in [2.24, 2.45) is 0 Å². The Kier molecular flexibility index (Phi) is 3.03. The monoisotopic (exact) mass is 344 g/mol. The van der Waals surface area contributed by atoms with E-state index < -0.39 is 0 Å². The maximum Gasteiger partial charge on any atom is 0.0747 e. The van der Waals surface area contributed by atoms with Gasteiger partial charge < -0.3 is 0 Å². The maximum atomic E-state index is 3.57. The fourth-order valence-corrected chi connectivity index (χ4v) is 4.79. The van der Waals surface area contributed by atoms with E-state index in [1.807, 2.05) is 0 Å². The highest BCUT2D eigenvalue weighted by atomic mass is 127. The van der Waals surface area contributed by atoms with Crippen molar-refractivity contribution >= 4 is 49.9 Å². The van der Waals surface area contributed by atoms with E-state index in [9.17, 15) is 0 Å². The van der Waals surface area contributed by atoms with Gasteiger partial charge in [-0.25, -0.2) is 0 Å². The lowest BCUT2D eigenvalue weighted by atomic mass is 9.90. The molecule has 0 aliphatic rings. The molecule has 0 saturated heterocycles. The van der Waals surface area contributed by atoms with Crippen LogP contribution in [0.3, 0.4) is 0 Å². The summed E-state index contributed by atoms with van der Waals surface area (Å²) in [6.45, 7) is 6.70. The molecule has 0 unspecified atom stereocenters. The zero-order valence-corrected chi connectivity index (χ0v) is 11.3. The second kappa shape index (κ2) is 3.34. The lowest BCUT2D eigenvalue weighted by molar-refractivity contribution is 0.590. The third kappa shape index (κ3) is 2.42. The second-order valence-electron chi connectivity index (χ2n) is 3.49. The first kappa shape index (κ1) is 9.99. The lowest BCUT2D eigenvalue weighted by Crippen LogP contribution is -2.09. The Hall–Kier alpha value is 0.910. The molecule has 1 aromatic heterocycles. The van der Waals surface area contributed by atoms with Crippen molar-refractivity contribution in [1.29, 1.82) is 0 Å². The van der Waals surface area contributed by atoms with Crippen LogP contribution in [0.15, 0.2) is 9.85 Å². The van der Waals surface area contributed by atoms with E-state index in [-0.39, 0.29) is 5.41 Å². The minimum Gasteiger partial charge on any atom is -0.122 e. The third-order valence-corrected chi connectivity index (χ3v) is 4.06. The van der Waals surface area contributed by atoms with Gasteiger partial charge in [0.15, 0.2) is 0 Å². The van der Waals surface area contributed by atoms with Crippen LogP contribution in [0, 0.1) is 2.88 Å². The molecule has 0 aliphatic carbocycles. The van der Waals surface area contributed by atoms with Crippen molar-refractivity contribution in [3.8, 4) is 0 Å². The molecule has 0 amide bonds. The van der Waals surface area contributed by atoms with Gasteiger partial charge in [0.05, 0.1) is 6.67 Å². The Morgan fingerprint density at radius 2 is 2.00 bits per heavy atom. The van der Waals surface area contributed by atoms with Gasteiger partial charge >= 0.3 is 0 Å². The summed E-state index contributed by atoms with van der Waals surface area (Å²) >= 11 is 7.72. The molecule has 3 heteroatoms. The van der Waals surface area contributed by atoms with E-state index in [4.69, 9.17) is 0 Å². The molecule has 11 heavy (non-hydrogen) atoms. The smallest absolute Gasteiger partial charge is 0.0747 e. The zero-order valence-electron chi connectivity index (χ0n) is 6.74. The number of thiophene rings is 1. The van der Waals surface area contributed by atoms with Crippen LogP contribution in [0.5, 0.6) is 0 Å². The molecule has 0 saturated carbocycles. The number of halogens is 2. The highest BCUT2D eigenvalue weighted by molar-refractivity contribution is 14.1. The van der Waals surface area contributed by atoms with E-state index in [0.717, 1.165) is 0 Å². The average Bonchev–Trinajstić information content (AvgIpc) is 2.08. The topological polar surface area (TPSA) is 0 Å². The van der Waals surface area contributed by atoms with E-state index in [2.05, 4.69) is 65.4 Å². The maximum absolute atomic E-state index is 3.57. The first-order chi connectivity index (χ1) is 4.91. The predicted molar refractivity (Wildman–Crippen MR) is 63.4 cm³/mol. The summed E-state index contributed by atoms with van der Waals surface area (Å²) in [4.78, 5) is 0. The van der Waals surface area contributed by atoms with Crippen molar-refractivity contribution in [2.75, 3.05) is 0 Å². The molecule has 0 aliphatic heterocycles. The molecule has 0 radical (unpaired) electrons. The van der Waals surface area contributed by atoms with Gasteiger partial charge in [-0.15, -0.1) is 11.3 Å². The highest BCUT2D eigenvalue weighted by Gasteiger charge is 2.18. The fourth-order valence-electron chi connectivity index (χ4n) is 0.852. The van der Waals surface area contributed by atoms with Gasteiger partial charge in [-0.2, -0.15) is 0 Å². The summed E-state index contributed by atoms with van der Waals surface area (Å²) in [6, 6.07) is 2.25. The van der Waals surface area contributed by atoms with E-state index in [0.29, 0.717) is 0 Å². The normalized spacial score (nSPS) is 12.1. The summed E-state index contributed by atoms with van der Waals surface area (Å²) in [5.41, 5.74) is 1.67. The van der Waals surface area contributed by atoms with E-state index in [1.165, 1.54) is 12.2 Å². The average molecular weight is 345 g/mol. The van der Waals surface area contributed by atoms with Gasteiger partial charge in [0.2, 0.25) is 0 Å². The molecule has 0 fully saturated rings. The van der Waals surface area contributed by atoms with Gasteiger partial charge in [-0.3, -0.25) is 0 Å². The zero-order chi connectivity index (χ0) is 8.65. The Balaban J connectivity index is 3.13. The molecule has 0 bridgehead atoms. The Labute approximate surface area is 93.7 Å². The summed E-state index contributed by atoms with van der Waals surface area (Å²) in [5.74, 6) is 0. The third-order valence-electron chi connectivity index (χ3n) is 1.46. The molecule has 0 aromatic carbocycles. The van der Waals surface area contributed by atoms with Crippen LogP contribution in [0.4, 0.5) is 0 Å². The molecule has 0 N–H and O–H groups in total. The molecular weight excluding hydrogens is 335 g/mol. The van der Waals surface area contributed by atoms with E-state index in [1.54, 1.807) is 11.3 Å². The van der Waals surface area contributed by atoms with Crippen molar-refractivity contribution in [2.45, 2.75) is 26.2 Å².